The number of unbranched alkanes of at least 4 members (excludes halogenated alkanes) is 2. The molecule has 1 heterocycles. The number of anilines is 1. The number of hydrogen-bond acceptors (Lipinski definition) is 9. The van der Waals surface area contributed by atoms with Crippen molar-refractivity contribution in [1.29, 1.82) is 5.26 Å². The standard InChI is InChI=1S/C25H34N6O4/c1-4-7-9-17(6-3)16-35-25(34)18-10-12-19(13-11-18)29-30-22-21(28-14-8-5-2)20(15-26)23(32)31(27)24(22)33/h10-13,17,28,32H,4-9,14,16,27H2,1-3H3. The van der Waals surface area contributed by atoms with E-state index in [0.29, 0.717) is 35.0 Å². The minimum atomic E-state index is -0.807. The Morgan fingerprint density at radius 2 is 1.89 bits per heavy atom. The summed E-state index contributed by atoms with van der Waals surface area (Å²) in [5.74, 6) is 4.90. The maximum Gasteiger partial charge on any atom is 0.338 e. The zero-order valence-corrected chi connectivity index (χ0v) is 20.6. The first kappa shape index (κ1) is 27.4. The molecule has 1 unspecified atom stereocenters. The van der Waals surface area contributed by atoms with E-state index in [4.69, 9.17) is 10.6 Å². The molecule has 0 bridgehead atoms. The number of esters is 1. The van der Waals surface area contributed by atoms with E-state index in [1.807, 2.05) is 13.0 Å². The van der Waals surface area contributed by atoms with E-state index < -0.39 is 17.4 Å². The number of carbonyl (C=O) groups is 1. The van der Waals surface area contributed by atoms with Gasteiger partial charge in [-0.2, -0.15) is 15.1 Å². The van der Waals surface area contributed by atoms with Crippen LogP contribution < -0.4 is 16.7 Å². The molecule has 4 N–H and O–H groups in total. The van der Waals surface area contributed by atoms with Crippen LogP contribution in [0.5, 0.6) is 5.88 Å². The lowest BCUT2D eigenvalue weighted by molar-refractivity contribution is 0.0428. The predicted octanol–water partition coefficient (Wildman–Crippen LogP) is 5.14. The summed E-state index contributed by atoms with van der Waals surface area (Å²) in [6.07, 6.45) is 5.87. The van der Waals surface area contributed by atoms with Gasteiger partial charge in [-0.1, -0.05) is 46.5 Å². The van der Waals surface area contributed by atoms with E-state index in [1.165, 1.54) is 0 Å². The zero-order valence-electron chi connectivity index (χ0n) is 20.6. The van der Waals surface area contributed by atoms with Gasteiger partial charge < -0.3 is 21.0 Å². The van der Waals surface area contributed by atoms with Crippen molar-refractivity contribution in [3.05, 3.63) is 45.7 Å². The number of benzene rings is 1. The monoisotopic (exact) mass is 482 g/mol. The number of aromatic nitrogens is 1. The summed E-state index contributed by atoms with van der Waals surface area (Å²) in [5.41, 5.74) is -0.360. The Hall–Kier alpha value is -3.87. The number of nitrogens with two attached hydrogens (primary N) is 1. The molecule has 10 heteroatoms. The van der Waals surface area contributed by atoms with Gasteiger partial charge >= 0.3 is 11.5 Å². The van der Waals surface area contributed by atoms with Crippen molar-refractivity contribution >= 4 is 23.0 Å². The number of ether oxygens (including phenoxy) is 1. The molecule has 2 aromatic rings. The fourth-order valence-electron chi connectivity index (χ4n) is 3.38. The predicted molar refractivity (Wildman–Crippen MR) is 135 cm³/mol. The van der Waals surface area contributed by atoms with Crippen LogP contribution in [0.1, 0.15) is 75.2 Å². The van der Waals surface area contributed by atoms with Crippen molar-refractivity contribution in [3.63, 3.8) is 0 Å². The molecule has 0 fully saturated rings. The van der Waals surface area contributed by atoms with E-state index in [1.54, 1.807) is 24.3 Å². The molecule has 10 nitrogen and oxygen atoms in total. The quantitative estimate of drug-likeness (QED) is 0.154. The maximum atomic E-state index is 12.6. The molecule has 0 saturated carbocycles. The van der Waals surface area contributed by atoms with E-state index in [2.05, 4.69) is 29.4 Å². The normalized spacial score (nSPS) is 11.8. The minimum absolute atomic E-state index is 0.0719. The Morgan fingerprint density at radius 3 is 2.49 bits per heavy atom. The number of nitrogens with one attached hydrogen (secondary N) is 1. The first-order valence-electron chi connectivity index (χ1n) is 12.0. The van der Waals surface area contributed by atoms with Gasteiger partial charge in [0.2, 0.25) is 5.88 Å². The van der Waals surface area contributed by atoms with Crippen LogP contribution in [0.15, 0.2) is 39.3 Å². The van der Waals surface area contributed by atoms with Crippen molar-refractivity contribution < 1.29 is 14.6 Å². The van der Waals surface area contributed by atoms with E-state index in [0.717, 1.165) is 38.5 Å². The van der Waals surface area contributed by atoms with Gasteiger partial charge in [-0.05, 0) is 43.0 Å². The highest BCUT2D eigenvalue weighted by molar-refractivity contribution is 5.89. The number of hydrogen-bond donors (Lipinski definition) is 3. The lowest BCUT2D eigenvalue weighted by Crippen LogP contribution is -2.28. The van der Waals surface area contributed by atoms with Gasteiger partial charge in [0.05, 0.1) is 23.5 Å². The number of nitrogen functional groups attached to an aromatic ring is 1. The molecule has 35 heavy (non-hydrogen) atoms. The van der Waals surface area contributed by atoms with Crippen LogP contribution in [-0.4, -0.2) is 28.9 Å². The SMILES string of the molecule is CCCCNc1c(C#N)c(O)n(N)c(=O)c1N=Nc1ccc(C(=O)OCC(CC)CCCC)cc1. The summed E-state index contributed by atoms with van der Waals surface area (Å²) >= 11 is 0. The summed E-state index contributed by atoms with van der Waals surface area (Å²) in [7, 11) is 0. The molecule has 0 aliphatic heterocycles. The van der Waals surface area contributed by atoms with Gasteiger partial charge in [-0.25, -0.2) is 4.79 Å². The summed E-state index contributed by atoms with van der Waals surface area (Å²) < 4.78 is 5.92. The number of pyridine rings is 1. The smallest absolute Gasteiger partial charge is 0.338 e. The summed E-state index contributed by atoms with van der Waals surface area (Å²) in [6, 6.07) is 8.14. The Morgan fingerprint density at radius 1 is 1.20 bits per heavy atom. The highest BCUT2D eigenvalue weighted by Crippen LogP contribution is 2.31. The molecular weight excluding hydrogens is 448 g/mol. The lowest BCUT2D eigenvalue weighted by Gasteiger charge is -2.14. The molecule has 1 aromatic carbocycles. The molecule has 188 valence electrons. The average Bonchev–Trinajstić information content (AvgIpc) is 2.87. The van der Waals surface area contributed by atoms with Crippen molar-refractivity contribution in [2.75, 3.05) is 24.3 Å². The fourth-order valence-corrected chi connectivity index (χ4v) is 3.38. The van der Waals surface area contributed by atoms with Gasteiger partial charge in [-0.3, -0.25) is 4.79 Å². The molecule has 0 spiro atoms. The Balaban J connectivity index is 2.21. The van der Waals surface area contributed by atoms with Gasteiger partial charge in [-0.15, -0.1) is 5.11 Å². The second kappa shape index (κ2) is 13.7. The molecule has 0 aliphatic rings. The first-order chi connectivity index (χ1) is 16.9. The minimum Gasteiger partial charge on any atom is -0.492 e. The second-order valence-electron chi connectivity index (χ2n) is 8.25. The summed E-state index contributed by atoms with van der Waals surface area (Å²) in [5, 5.41) is 30.6. The van der Waals surface area contributed by atoms with Crippen LogP contribution in [0.25, 0.3) is 0 Å². The number of azo groups is 1. The van der Waals surface area contributed by atoms with Crippen molar-refractivity contribution in [1.82, 2.24) is 4.68 Å². The van der Waals surface area contributed by atoms with Gasteiger partial charge in [0.1, 0.15) is 11.6 Å². The first-order valence-corrected chi connectivity index (χ1v) is 12.0. The number of carbonyl (C=O) groups excluding carboxylic acids is 1. The average molecular weight is 483 g/mol. The molecule has 0 aliphatic carbocycles. The largest absolute Gasteiger partial charge is 0.492 e. The molecule has 0 saturated heterocycles. The van der Waals surface area contributed by atoms with E-state index >= 15 is 0 Å². The van der Waals surface area contributed by atoms with Gasteiger partial charge in [0.15, 0.2) is 5.69 Å². The summed E-state index contributed by atoms with van der Waals surface area (Å²) in [6.45, 7) is 7.08. The fraction of sp³-hybridized carbons (Fsp3) is 0.480. The topological polar surface area (TPSA) is 155 Å². The van der Waals surface area contributed by atoms with Gasteiger partial charge in [0, 0.05) is 6.54 Å². The highest BCUT2D eigenvalue weighted by Gasteiger charge is 2.21. The highest BCUT2D eigenvalue weighted by atomic mass is 16.5. The molecular formula is C25H34N6O4. The Labute approximate surface area is 205 Å². The Kier molecular flexibility index (Phi) is 10.8. The van der Waals surface area contributed by atoms with Gasteiger partial charge in [0.25, 0.3) is 0 Å². The number of nitrogens with zero attached hydrogens (tertiary/aromatic N) is 4. The molecule has 2 rings (SSSR count). The van der Waals surface area contributed by atoms with Crippen LogP contribution >= 0.6 is 0 Å². The number of aromatic hydroxyl groups is 1. The third-order valence-electron chi connectivity index (χ3n) is 5.67. The molecule has 1 aromatic heterocycles. The van der Waals surface area contributed by atoms with Crippen molar-refractivity contribution in [3.8, 4) is 11.9 Å². The molecule has 1 atom stereocenters. The van der Waals surface area contributed by atoms with Crippen molar-refractivity contribution in [2.45, 2.75) is 59.3 Å². The zero-order chi connectivity index (χ0) is 25.8. The van der Waals surface area contributed by atoms with Crippen LogP contribution in [0.2, 0.25) is 0 Å². The van der Waals surface area contributed by atoms with Crippen LogP contribution in [0.3, 0.4) is 0 Å². The van der Waals surface area contributed by atoms with E-state index in [-0.39, 0.29) is 16.9 Å². The van der Waals surface area contributed by atoms with Crippen LogP contribution in [-0.2, 0) is 4.74 Å². The lowest BCUT2D eigenvalue weighted by atomic mass is 10.0. The van der Waals surface area contributed by atoms with Crippen molar-refractivity contribution in [2.24, 2.45) is 16.1 Å². The van der Waals surface area contributed by atoms with Crippen LogP contribution in [0, 0.1) is 17.2 Å². The summed E-state index contributed by atoms with van der Waals surface area (Å²) in [4.78, 5) is 25.0. The third-order valence-corrected chi connectivity index (χ3v) is 5.67. The van der Waals surface area contributed by atoms with E-state index in [9.17, 15) is 20.0 Å². The third kappa shape index (κ3) is 7.30. The molecule has 0 amide bonds. The second-order valence-corrected chi connectivity index (χ2v) is 8.25. The number of rotatable bonds is 13. The molecule has 0 radical (unpaired) electrons. The Bertz CT molecular complexity index is 1120. The van der Waals surface area contributed by atoms with Crippen LogP contribution in [0.4, 0.5) is 17.1 Å². The number of nitriles is 1. The maximum absolute atomic E-state index is 12.6.